The first-order valence-electron chi connectivity index (χ1n) is 9.68. The number of carbonyl (C=O) groups excluding carboxylic acids is 1. The van der Waals surface area contributed by atoms with Gasteiger partial charge in [-0.2, -0.15) is 10.4 Å². The van der Waals surface area contributed by atoms with E-state index in [-0.39, 0.29) is 12.5 Å². The van der Waals surface area contributed by atoms with Crippen LogP contribution < -0.4 is 14.9 Å². The summed E-state index contributed by atoms with van der Waals surface area (Å²) < 4.78 is 13.1. The molecule has 3 aromatic carbocycles. The number of nitriles is 1. The third kappa shape index (κ3) is 6.19. The topological polar surface area (TPSA) is 83.7 Å². The van der Waals surface area contributed by atoms with Crippen molar-refractivity contribution in [3.8, 4) is 17.6 Å². The van der Waals surface area contributed by atoms with Gasteiger partial charge in [0.05, 0.1) is 34.5 Å². The highest BCUT2D eigenvalue weighted by molar-refractivity contribution is 9.10. The zero-order chi connectivity index (χ0) is 22.9. The predicted octanol–water partition coefficient (Wildman–Crippen LogP) is 5.82. The van der Waals surface area contributed by atoms with E-state index >= 15 is 0 Å². The number of hydrogen-bond acceptors (Lipinski definition) is 5. The van der Waals surface area contributed by atoms with Crippen molar-refractivity contribution in [2.75, 3.05) is 6.61 Å². The van der Waals surface area contributed by atoms with Gasteiger partial charge in [-0.05, 0) is 86.3 Å². The average Bonchev–Trinajstić information content (AvgIpc) is 2.79. The van der Waals surface area contributed by atoms with Crippen LogP contribution in [0.25, 0.3) is 0 Å². The molecule has 0 radical (unpaired) electrons. The maximum Gasteiger partial charge on any atom is 0.272 e. The Labute approximate surface area is 203 Å². The molecule has 0 heterocycles. The first-order chi connectivity index (χ1) is 15.5. The molecule has 0 spiro atoms. The fourth-order valence-electron chi connectivity index (χ4n) is 2.82. The second-order valence-electron chi connectivity index (χ2n) is 6.54. The van der Waals surface area contributed by atoms with Gasteiger partial charge < -0.3 is 9.47 Å². The predicted molar refractivity (Wildman–Crippen MR) is 130 cm³/mol. The lowest BCUT2D eigenvalue weighted by atomic mass is 10.1. The number of nitrogens with one attached hydrogen (secondary N) is 1. The molecule has 3 rings (SSSR count). The summed E-state index contributed by atoms with van der Waals surface area (Å²) in [5.41, 5.74) is 5.17. The normalized spacial score (nSPS) is 10.6. The van der Waals surface area contributed by atoms with Gasteiger partial charge in [-0.15, -0.1) is 0 Å². The van der Waals surface area contributed by atoms with Gasteiger partial charge in [0.15, 0.2) is 11.5 Å². The number of amides is 1. The largest absolute Gasteiger partial charge is 0.490 e. The number of hydrazone groups is 1. The molecule has 0 aliphatic heterocycles. The Morgan fingerprint density at radius 2 is 1.91 bits per heavy atom. The third-order valence-electron chi connectivity index (χ3n) is 4.27. The summed E-state index contributed by atoms with van der Waals surface area (Å²) in [6, 6.07) is 20.1. The van der Waals surface area contributed by atoms with E-state index < -0.39 is 0 Å². The van der Waals surface area contributed by atoms with E-state index in [1.54, 1.807) is 36.4 Å². The van der Waals surface area contributed by atoms with Crippen molar-refractivity contribution >= 4 is 44.0 Å². The lowest BCUT2D eigenvalue weighted by Gasteiger charge is -2.15. The lowest BCUT2D eigenvalue weighted by Crippen LogP contribution is -2.18. The average molecular weight is 557 g/mol. The van der Waals surface area contributed by atoms with E-state index in [4.69, 9.17) is 14.7 Å². The van der Waals surface area contributed by atoms with Gasteiger partial charge in [-0.3, -0.25) is 4.79 Å². The minimum Gasteiger partial charge on any atom is -0.490 e. The van der Waals surface area contributed by atoms with Crippen LogP contribution in [0.5, 0.6) is 11.5 Å². The molecule has 0 atom stereocenters. The van der Waals surface area contributed by atoms with Crippen LogP contribution in [-0.4, -0.2) is 18.7 Å². The minimum absolute atomic E-state index is 0.281. The Bertz CT molecular complexity index is 1190. The van der Waals surface area contributed by atoms with Gasteiger partial charge >= 0.3 is 0 Å². The van der Waals surface area contributed by atoms with Crippen molar-refractivity contribution in [1.82, 2.24) is 5.43 Å². The zero-order valence-electron chi connectivity index (χ0n) is 17.1. The van der Waals surface area contributed by atoms with Gasteiger partial charge in [-0.1, -0.05) is 24.3 Å². The highest BCUT2D eigenvalue weighted by Gasteiger charge is 2.13. The van der Waals surface area contributed by atoms with Crippen molar-refractivity contribution in [2.24, 2.45) is 5.10 Å². The Hall–Kier alpha value is -3.15. The molecular weight excluding hydrogens is 538 g/mol. The van der Waals surface area contributed by atoms with Crippen LogP contribution in [0.15, 0.2) is 74.7 Å². The van der Waals surface area contributed by atoms with Crippen LogP contribution in [0, 0.1) is 11.3 Å². The summed E-state index contributed by atoms with van der Waals surface area (Å²) in [6.45, 7) is 2.61. The monoisotopic (exact) mass is 555 g/mol. The highest BCUT2D eigenvalue weighted by atomic mass is 79.9. The van der Waals surface area contributed by atoms with Crippen molar-refractivity contribution in [1.29, 1.82) is 5.26 Å². The number of carbonyl (C=O) groups is 1. The molecule has 0 bridgehead atoms. The van der Waals surface area contributed by atoms with Crippen LogP contribution in [-0.2, 0) is 6.61 Å². The fourth-order valence-corrected chi connectivity index (χ4v) is 3.86. The third-order valence-corrected chi connectivity index (χ3v) is 5.55. The SMILES string of the molecule is CCOc1cc(/C=N\NC(=O)c2ccccc2Br)cc(Br)c1OCc1cccc(C#N)c1. The lowest BCUT2D eigenvalue weighted by molar-refractivity contribution is 0.0954. The molecular formula is C24H19Br2N3O3. The molecule has 1 amide bonds. The van der Waals surface area contributed by atoms with E-state index in [1.807, 2.05) is 31.2 Å². The molecule has 0 aromatic heterocycles. The van der Waals surface area contributed by atoms with E-state index in [0.717, 1.165) is 5.56 Å². The molecule has 162 valence electrons. The van der Waals surface area contributed by atoms with Gasteiger partial charge in [0.2, 0.25) is 0 Å². The summed E-state index contributed by atoms with van der Waals surface area (Å²) >= 11 is 6.88. The maximum atomic E-state index is 12.3. The van der Waals surface area contributed by atoms with Gasteiger partial charge in [0.1, 0.15) is 6.61 Å². The summed E-state index contributed by atoms with van der Waals surface area (Å²) in [5, 5.41) is 13.1. The molecule has 0 aliphatic carbocycles. The molecule has 0 saturated heterocycles. The number of halogens is 2. The first kappa shape index (κ1) is 23.5. The number of rotatable bonds is 8. The quantitative estimate of drug-likeness (QED) is 0.280. The van der Waals surface area contributed by atoms with E-state index in [9.17, 15) is 4.79 Å². The smallest absolute Gasteiger partial charge is 0.272 e. The minimum atomic E-state index is -0.322. The molecule has 8 heteroatoms. The highest BCUT2D eigenvalue weighted by Crippen LogP contribution is 2.37. The molecule has 32 heavy (non-hydrogen) atoms. The number of hydrogen-bond donors (Lipinski definition) is 1. The second kappa shape index (κ2) is 11.5. The van der Waals surface area contributed by atoms with Crippen LogP contribution in [0.2, 0.25) is 0 Å². The molecule has 0 saturated carbocycles. The molecule has 0 fully saturated rings. The zero-order valence-corrected chi connectivity index (χ0v) is 20.3. The van der Waals surface area contributed by atoms with Crippen LogP contribution in [0.4, 0.5) is 0 Å². The van der Waals surface area contributed by atoms with E-state index in [2.05, 4.69) is 48.5 Å². The Kier molecular flexibility index (Phi) is 8.42. The van der Waals surface area contributed by atoms with Crippen molar-refractivity contribution in [3.05, 3.63) is 91.9 Å². The standard InChI is InChI=1S/C24H19Br2N3O3/c1-2-31-22-12-18(14-28-29-24(30)19-8-3-4-9-20(19)25)11-21(26)23(22)32-15-17-7-5-6-16(10-17)13-27/h3-12,14H,2,15H2,1H3,(H,29,30)/b28-14-. The van der Waals surface area contributed by atoms with E-state index in [1.165, 1.54) is 6.21 Å². The van der Waals surface area contributed by atoms with Gasteiger partial charge in [-0.25, -0.2) is 5.43 Å². The van der Waals surface area contributed by atoms with Crippen molar-refractivity contribution < 1.29 is 14.3 Å². The molecule has 0 unspecified atom stereocenters. The second-order valence-corrected chi connectivity index (χ2v) is 8.25. The van der Waals surface area contributed by atoms with Crippen molar-refractivity contribution in [3.63, 3.8) is 0 Å². The summed E-state index contributed by atoms with van der Waals surface area (Å²) in [4.78, 5) is 12.3. The number of ether oxygens (including phenoxy) is 2. The Morgan fingerprint density at radius 1 is 1.09 bits per heavy atom. The maximum absolute atomic E-state index is 12.3. The molecule has 6 nitrogen and oxygen atoms in total. The number of nitrogens with zero attached hydrogens (tertiary/aromatic N) is 2. The van der Waals surface area contributed by atoms with Crippen LogP contribution >= 0.6 is 31.9 Å². The number of benzene rings is 3. The first-order valence-corrected chi connectivity index (χ1v) is 11.3. The Balaban J connectivity index is 1.74. The Morgan fingerprint density at radius 3 is 2.66 bits per heavy atom. The van der Waals surface area contributed by atoms with E-state index in [0.29, 0.717) is 43.7 Å². The van der Waals surface area contributed by atoms with Crippen LogP contribution in [0.1, 0.15) is 34.0 Å². The molecule has 0 aliphatic rings. The van der Waals surface area contributed by atoms with Gasteiger partial charge in [0, 0.05) is 4.47 Å². The van der Waals surface area contributed by atoms with Gasteiger partial charge in [0.25, 0.3) is 5.91 Å². The summed E-state index contributed by atoms with van der Waals surface area (Å²) in [7, 11) is 0. The fraction of sp³-hybridized carbons (Fsp3) is 0.125. The molecule has 3 aromatic rings. The summed E-state index contributed by atoms with van der Waals surface area (Å²) in [6.07, 6.45) is 1.53. The van der Waals surface area contributed by atoms with Crippen LogP contribution in [0.3, 0.4) is 0 Å². The van der Waals surface area contributed by atoms with Crippen molar-refractivity contribution in [2.45, 2.75) is 13.5 Å². The molecule has 1 N–H and O–H groups in total. The summed E-state index contributed by atoms with van der Waals surface area (Å²) in [5.74, 6) is 0.762.